The van der Waals surface area contributed by atoms with Gasteiger partial charge in [0.15, 0.2) is 0 Å². The average Bonchev–Trinajstić information content (AvgIpc) is 3.25. The number of carbonyl (C=O) groups excluding carboxylic acids is 2. The molecule has 2 amide bonds. The van der Waals surface area contributed by atoms with Crippen molar-refractivity contribution in [2.24, 2.45) is 5.92 Å². The van der Waals surface area contributed by atoms with Gasteiger partial charge in [-0.1, -0.05) is 32.6 Å². The van der Waals surface area contributed by atoms with Gasteiger partial charge < -0.3 is 9.80 Å². The first-order chi connectivity index (χ1) is 11.7. The van der Waals surface area contributed by atoms with Crippen molar-refractivity contribution >= 4 is 11.8 Å². The van der Waals surface area contributed by atoms with Crippen molar-refractivity contribution in [3.8, 4) is 0 Å². The quantitative estimate of drug-likeness (QED) is 0.698. The molecule has 3 fully saturated rings. The Morgan fingerprint density at radius 3 is 2.46 bits per heavy atom. The van der Waals surface area contributed by atoms with Crippen molar-refractivity contribution in [1.82, 2.24) is 14.7 Å². The maximum absolute atomic E-state index is 12.8. The smallest absolute Gasteiger partial charge is 0.228 e. The highest BCUT2D eigenvalue weighted by Crippen LogP contribution is 2.26. The highest BCUT2D eigenvalue weighted by Gasteiger charge is 2.37. The number of piperazine rings is 1. The SMILES string of the molecule is CCCCCN1CC(C(=O)N2CCN(C3CCCC3)CC2)CC1=O. The van der Waals surface area contributed by atoms with Crippen molar-refractivity contribution in [2.45, 2.75) is 64.3 Å². The number of carbonyl (C=O) groups is 2. The van der Waals surface area contributed by atoms with E-state index in [1.165, 1.54) is 25.7 Å². The van der Waals surface area contributed by atoms with Gasteiger partial charge in [0.25, 0.3) is 0 Å². The van der Waals surface area contributed by atoms with E-state index in [0.717, 1.165) is 58.0 Å². The molecule has 0 spiro atoms. The molecule has 0 aromatic carbocycles. The fraction of sp³-hybridized carbons (Fsp3) is 0.895. The van der Waals surface area contributed by atoms with Crippen LogP contribution in [-0.4, -0.2) is 71.8 Å². The Kier molecular flexibility index (Phi) is 6.14. The van der Waals surface area contributed by atoms with Crippen LogP contribution in [0.5, 0.6) is 0 Å². The van der Waals surface area contributed by atoms with Gasteiger partial charge in [-0.25, -0.2) is 0 Å². The Bertz CT molecular complexity index is 440. The highest BCUT2D eigenvalue weighted by molar-refractivity contribution is 5.89. The van der Waals surface area contributed by atoms with Gasteiger partial charge in [0, 0.05) is 51.7 Å². The summed E-state index contributed by atoms with van der Waals surface area (Å²) >= 11 is 0. The molecule has 1 unspecified atom stereocenters. The number of likely N-dealkylation sites (tertiary alicyclic amines) is 1. The van der Waals surface area contributed by atoms with Crippen LogP contribution in [-0.2, 0) is 9.59 Å². The van der Waals surface area contributed by atoms with Gasteiger partial charge in [-0.2, -0.15) is 0 Å². The summed E-state index contributed by atoms with van der Waals surface area (Å²) in [5.41, 5.74) is 0. The molecule has 5 heteroatoms. The summed E-state index contributed by atoms with van der Waals surface area (Å²) in [6.07, 6.45) is 9.19. The summed E-state index contributed by atoms with van der Waals surface area (Å²) in [6, 6.07) is 0.754. The minimum atomic E-state index is -0.0999. The Labute approximate surface area is 146 Å². The zero-order valence-electron chi connectivity index (χ0n) is 15.2. The summed E-state index contributed by atoms with van der Waals surface area (Å²) in [6.45, 7) is 7.35. The van der Waals surface area contributed by atoms with Gasteiger partial charge >= 0.3 is 0 Å². The maximum Gasteiger partial charge on any atom is 0.228 e. The number of amides is 2. The van der Waals surface area contributed by atoms with E-state index >= 15 is 0 Å². The fourth-order valence-electron chi connectivity index (χ4n) is 4.54. The minimum absolute atomic E-state index is 0.0999. The molecule has 0 bridgehead atoms. The van der Waals surface area contributed by atoms with Crippen LogP contribution in [0.25, 0.3) is 0 Å². The monoisotopic (exact) mass is 335 g/mol. The Morgan fingerprint density at radius 1 is 1.08 bits per heavy atom. The van der Waals surface area contributed by atoms with Gasteiger partial charge in [-0.15, -0.1) is 0 Å². The molecule has 0 N–H and O–H groups in total. The average molecular weight is 335 g/mol. The highest BCUT2D eigenvalue weighted by atomic mass is 16.2. The van der Waals surface area contributed by atoms with Gasteiger partial charge in [-0.3, -0.25) is 14.5 Å². The lowest BCUT2D eigenvalue weighted by Gasteiger charge is -2.38. The second-order valence-electron chi connectivity index (χ2n) is 7.75. The van der Waals surface area contributed by atoms with E-state index in [1.807, 2.05) is 9.80 Å². The molecule has 0 aromatic heterocycles. The van der Waals surface area contributed by atoms with Crippen molar-refractivity contribution in [3.63, 3.8) is 0 Å². The molecular formula is C19H33N3O2. The molecule has 2 saturated heterocycles. The first-order valence-electron chi connectivity index (χ1n) is 9.99. The molecular weight excluding hydrogens is 302 g/mol. The van der Waals surface area contributed by atoms with Gasteiger partial charge in [-0.05, 0) is 19.3 Å². The topological polar surface area (TPSA) is 43.9 Å². The van der Waals surface area contributed by atoms with Crippen LogP contribution < -0.4 is 0 Å². The largest absolute Gasteiger partial charge is 0.342 e. The molecule has 3 rings (SSSR count). The summed E-state index contributed by atoms with van der Waals surface area (Å²) in [5, 5.41) is 0. The normalized spacial score (nSPS) is 26.5. The van der Waals surface area contributed by atoms with Crippen molar-refractivity contribution in [1.29, 1.82) is 0 Å². The van der Waals surface area contributed by atoms with E-state index in [1.54, 1.807) is 0 Å². The lowest BCUT2D eigenvalue weighted by molar-refractivity contribution is -0.137. The molecule has 1 saturated carbocycles. The number of nitrogens with zero attached hydrogens (tertiary/aromatic N) is 3. The van der Waals surface area contributed by atoms with Crippen LogP contribution in [0.4, 0.5) is 0 Å². The summed E-state index contributed by atoms with van der Waals surface area (Å²) in [4.78, 5) is 31.4. The van der Waals surface area contributed by atoms with Gasteiger partial charge in [0.2, 0.25) is 11.8 Å². The lowest BCUT2D eigenvalue weighted by atomic mass is 10.1. The second kappa shape index (κ2) is 8.32. The molecule has 0 aromatic rings. The summed E-state index contributed by atoms with van der Waals surface area (Å²) in [5.74, 6) is 0.290. The van der Waals surface area contributed by atoms with E-state index in [0.29, 0.717) is 13.0 Å². The fourth-order valence-corrected chi connectivity index (χ4v) is 4.54. The third-order valence-corrected chi connectivity index (χ3v) is 6.06. The molecule has 24 heavy (non-hydrogen) atoms. The van der Waals surface area contributed by atoms with E-state index in [9.17, 15) is 9.59 Å². The molecule has 5 nitrogen and oxygen atoms in total. The molecule has 136 valence electrons. The van der Waals surface area contributed by atoms with E-state index in [4.69, 9.17) is 0 Å². The zero-order chi connectivity index (χ0) is 16.9. The number of hydrogen-bond donors (Lipinski definition) is 0. The Hall–Kier alpha value is -1.10. The van der Waals surface area contributed by atoms with Crippen LogP contribution >= 0.6 is 0 Å². The summed E-state index contributed by atoms with van der Waals surface area (Å²) < 4.78 is 0. The summed E-state index contributed by atoms with van der Waals surface area (Å²) in [7, 11) is 0. The van der Waals surface area contributed by atoms with Gasteiger partial charge in [0.1, 0.15) is 0 Å². The third-order valence-electron chi connectivity index (χ3n) is 6.06. The predicted molar refractivity (Wildman–Crippen MR) is 94.6 cm³/mol. The molecule has 0 radical (unpaired) electrons. The van der Waals surface area contributed by atoms with Crippen LogP contribution in [0.15, 0.2) is 0 Å². The molecule has 2 heterocycles. The Balaban J connectivity index is 1.44. The number of unbranched alkanes of at least 4 members (excludes halogenated alkanes) is 2. The third kappa shape index (κ3) is 4.11. The Morgan fingerprint density at radius 2 is 1.79 bits per heavy atom. The molecule has 1 aliphatic carbocycles. The molecule has 3 aliphatic rings. The zero-order valence-corrected chi connectivity index (χ0v) is 15.2. The van der Waals surface area contributed by atoms with Crippen LogP contribution in [0, 0.1) is 5.92 Å². The predicted octanol–water partition coefficient (Wildman–Crippen LogP) is 2.11. The van der Waals surface area contributed by atoms with E-state index < -0.39 is 0 Å². The standard InChI is InChI=1S/C19H33N3O2/c1-2-3-6-9-22-15-16(14-18(22)23)19(24)21-12-10-20(11-13-21)17-7-4-5-8-17/h16-17H,2-15H2,1H3. The second-order valence-corrected chi connectivity index (χ2v) is 7.75. The van der Waals surface area contributed by atoms with Crippen LogP contribution in [0.3, 0.4) is 0 Å². The van der Waals surface area contributed by atoms with Crippen LogP contribution in [0.1, 0.15) is 58.3 Å². The van der Waals surface area contributed by atoms with E-state index in [2.05, 4.69) is 11.8 Å². The molecule has 2 aliphatic heterocycles. The maximum atomic E-state index is 12.8. The van der Waals surface area contributed by atoms with Crippen molar-refractivity contribution < 1.29 is 9.59 Å². The molecule has 1 atom stereocenters. The lowest BCUT2D eigenvalue weighted by Crippen LogP contribution is -2.52. The minimum Gasteiger partial charge on any atom is -0.342 e. The number of rotatable bonds is 6. The van der Waals surface area contributed by atoms with Gasteiger partial charge in [0.05, 0.1) is 5.92 Å². The van der Waals surface area contributed by atoms with E-state index in [-0.39, 0.29) is 17.7 Å². The van der Waals surface area contributed by atoms with Crippen molar-refractivity contribution in [3.05, 3.63) is 0 Å². The first-order valence-corrected chi connectivity index (χ1v) is 9.99. The number of hydrogen-bond acceptors (Lipinski definition) is 3. The van der Waals surface area contributed by atoms with Crippen molar-refractivity contribution in [2.75, 3.05) is 39.3 Å². The first kappa shape index (κ1) is 17.7. The van der Waals surface area contributed by atoms with Crippen LogP contribution in [0.2, 0.25) is 0 Å².